The molecule has 0 fully saturated rings. The lowest BCUT2D eigenvalue weighted by atomic mass is 10.1. The molecular formula is C12H10Cl3NS. The molecule has 0 amide bonds. The topological polar surface area (TPSA) is 12.0 Å². The summed E-state index contributed by atoms with van der Waals surface area (Å²) in [5.41, 5.74) is 0.975. The first kappa shape index (κ1) is 13.2. The van der Waals surface area contributed by atoms with E-state index in [0.29, 0.717) is 10.0 Å². The first-order chi connectivity index (χ1) is 8.13. The third-order valence-electron chi connectivity index (χ3n) is 2.47. The van der Waals surface area contributed by atoms with Crippen LogP contribution in [0.1, 0.15) is 16.5 Å². The Bertz CT molecular complexity index is 524. The monoisotopic (exact) mass is 305 g/mol. The lowest BCUT2D eigenvalue weighted by molar-refractivity contribution is 0.704. The van der Waals surface area contributed by atoms with E-state index in [4.69, 9.17) is 34.8 Å². The Kier molecular flexibility index (Phi) is 4.34. The summed E-state index contributed by atoms with van der Waals surface area (Å²) >= 11 is 19.9. The number of thiophene rings is 1. The third-order valence-corrected chi connectivity index (χ3v) is 4.45. The van der Waals surface area contributed by atoms with Crippen LogP contribution in [0.3, 0.4) is 0 Å². The fraction of sp³-hybridized carbons (Fsp3) is 0.167. The molecule has 0 saturated carbocycles. The lowest BCUT2D eigenvalue weighted by Crippen LogP contribution is -2.17. The molecule has 1 heterocycles. The molecule has 0 radical (unpaired) electrons. The molecule has 1 nitrogen and oxygen atoms in total. The van der Waals surface area contributed by atoms with Gasteiger partial charge in [-0.1, -0.05) is 40.9 Å². The first-order valence-electron chi connectivity index (χ1n) is 4.98. The van der Waals surface area contributed by atoms with Gasteiger partial charge in [-0.15, -0.1) is 11.3 Å². The van der Waals surface area contributed by atoms with Gasteiger partial charge in [-0.25, -0.2) is 0 Å². The summed E-state index contributed by atoms with van der Waals surface area (Å²) in [5.74, 6) is 0. The molecule has 17 heavy (non-hydrogen) atoms. The van der Waals surface area contributed by atoms with Gasteiger partial charge in [-0.2, -0.15) is 0 Å². The van der Waals surface area contributed by atoms with Crippen molar-refractivity contribution in [2.45, 2.75) is 6.04 Å². The Morgan fingerprint density at radius 3 is 2.41 bits per heavy atom. The fourth-order valence-corrected chi connectivity index (χ4v) is 3.49. The average molecular weight is 307 g/mol. The van der Waals surface area contributed by atoms with Crippen LogP contribution in [0, 0.1) is 0 Å². The van der Waals surface area contributed by atoms with Crippen LogP contribution < -0.4 is 5.32 Å². The van der Waals surface area contributed by atoms with Gasteiger partial charge in [0, 0.05) is 14.9 Å². The van der Waals surface area contributed by atoms with Gasteiger partial charge in [0.2, 0.25) is 0 Å². The highest BCUT2D eigenvalue weighted by molar-refractivity contribution is 7.10. The summed E-state index contributed by atoms with van der Waals surface area (Å²) < 4.78 is 0. The average Bonchev–Trinajstić information content (AvgIpc) is 2.69. The minimum atomic E-state index is -0.00716. The maximum atomic E-state index is 6.21. The molecular weight excluding hydrogens is 297 g/mol. The standard InChI is InChI=1S/C12H10Cl3NS/c1-16-11(12-9(14)4-5-17-12)8-3-2-7(13)6-10(8)15/h2-6,11,16H,1H3. The molecule has 0 aliphatic heterocycles. The zero-order valence-electron chi connectivity index (χ0n) is 9.01. The quantitative estimate of drug-likeness (QED) is 0.840. The second kappa shape index (κ2) is 5.59. The molecule has 0 spiro atoms. The van der Waals surface area contributed by atoms with Gasteiger partial charge >= 0.3 is 0 Å². The number of rotatable bonds is 3. The summed E-state index contributed by atoms with van der Waals surface area (Å²) in [5, 5.41) is 7.21. The SMILES string of the molecule is CNC(c1ccc(Cl)cc1Cl)c1sccc1Cl. The smallest absolute Gasteiger partial charge is 0.0698 e. The molecule has 5 heteroatoms. The van der Waals surface area contributed by atoms with Gasteiger partial charge in [-0.3, -0.25) is 0 Å². The van der Waals surface area contributed by atoms with E-state index < -0.39 is 0 Å². The van der Waals surface area contributed by atoms with Gasteiger partial charge in [0.15, 0.2) is 0 Å². The molecule has 1 atom stereocenters. The van der Waals surface area contributed by atoms with E-state index in [1.165, 1.54) is 0 Å². The van der Waals surface area contributed by atoms with E-state index >= 15 is 0 Å². The molecule has 0 aliphatic rings. The zero-order valence-corrected chi connectivity index (χ0v) is 12.1. The van der Waals surface area contributed by atoms with E-state index in [2.05, 4.69) is 5.32 Å². The fourth-order valence-electron chi connectivity index (χ4n) is 1.67. The van der Waals surface area contributed by atoms with Crippen LogP contribution in [0.4, 0.5) is 0 Å². The Morgan fingerprint density at radius 2 is 1.88 bits per heavy atom. The van der Waals surface area contributed by atoms with Gasteiger partial charge in [0.25, 0.3) is 0 Å². The van der Waals surface area contributed by atoms with Crippen molar-refractivity contribution in [3.63, 3.8) is 0 Å². The predicted molar refractivity (Wildman–Crippen MR) is 76.7 cm³/mol. The molecule has 0 bridgehead atoms. The third kappa shape index (κ3) is 2.78. The molecule has 1 aromatic heterocycles. The number of nitrogens with one attached hydrogen (secondary N) is 1. The number of hydrogen-bond acceptors (Lipinski definition) is 2. The molecule has 1 aromatic carbocycles. The van der Waals surface area contributed by atoms with Crippen LogP contribution in [0.2, 0.25) is 15.1 Å². The van der Waals surface area contributed by atoms with Crippen LogP contribution >= 0.6 is 46.1 Å². The van der Waals surface area contributed by atoms with Crippen molar-refractivity contribution in [2.24, 2.45) is 0 Å². The van der Waals surface area contributed by atoms with Crippen molar-refractivity contribution < 1.29 is 0 Å². The van der Waals surface area contributed by atoms with Crippen molar-refractivity contribution in [1.29, 1.82) is 0 Å². The Labute approximate surface area is 119 Å². The van der Waals surface area contributed by atoms with E-state index in [1.807, 2.05) is 30.6 Å². The highest BCUT2D eigenvalue weighted by Crippen LogP contribution is 2.36. The first-order valence-corrected chi connectivity index (χ1v) is 7.00. The minimum Gasteiger partial charge on any atom is -0.309 e. The molecule has 90 valence electrons. The van der Waals surface area contributed by atoms with Crippen molar-refractivity contribution in [3.8, 4) is 0 Å². The Hall–Kier alpha value is -0.250. The second-order valence-electron chi connectivity index (χ2n) is 3.52. The summed E-state index contributed by atoms with van der Waals surface area (Å²) in [6.45, 7) is 0. The molecule has 1 N–H and O–H groups in total. The van der Waals surface area contributed by atoms with Crippen LogP contribution in [0.5, 0.6) is 0 Å². The van der Waals surface area contributed by atoms with Crippen molar-refractivity contribution >= 4 is 46.1 Å². The van der Waals surface area contributed by atoms with E-state index in [9.17, 15) is 0 Å². The summed E-state index contributed by atoms with van der Waals surface area (Å²) in [4.78, 5) is 1.05. The van der Waals surface area contributed by atoms with Gasteiger partial charge in [0.05, 0.1) is 11.1 Å². The number of hydrogen-bond donors (Lipinski definition) is 1. The maximum absolute atomic E-state index is 6.21. The highest BCUT2D eigenvalue weighted by atomic mass is 35.5. The van der Waals surface area contributed by atoms with Crippen molar-refractivity contribution in [2.75, 3.05) is 7.05 Å². The maximum Gasteiger partial charge on any atom is 0.0698 e. The normalized spacial score (nSPS) is 12.7. The highest BCUT2D eigenvalue weighted by Gasteiger charge is 2.19. The summed E-state index contributed by atoms with van der Waals surface area (Å²) in [6, 6.07) is 7.36. The Morgan fingerprint density at radius 1 is 1.12 bits per heavy atom. The largest absolute Gasteiger partial charge is 0.309 e. The molecule has 0 aliphatic carbocycles. The predicted octanol–water partition coefficient (Wildman–Crippen LogP) is 5.02. The van der Waals surface area contributed by atoms with Gasteiger partial charge < -0.3 is 5.32 Å². The van der Waals surface area contributed by atoms with Crippen LogP contribution in [-0.2, 0) is 0 Å². The van der Waals surface area contributed by atoms with Gasteiger partial charge in [-0.05, 0) is 36.2 Å². The molecule has 2 rings (SSSR count). The van der Waals surface area contributed by atoms with Crippen LogP contribution in [0.25, 0.3) is 0 Å². The van der Waals surface area contributed by atoms with E-state index in [0.717, 1.165) is 15.5 Å². The van der Waals surface area contributed by atoms with E-state index in [1.54, 1.807) is 17.4 Å². The molecule has 1 unspecified atom stereocenters. The molecule has 2 aromatic rings. The number of halogens is 3. The van der Waals surface area contributed by atoms with E-state index in [-0.39, 0.29) is 6.04 Å². The van der Waals surface area contributed by atoms with Crippen molar-refractivity contribution in [1.82, 2.24) is 5.32 Å². The molecule has 0 saturated heterocycles. The second-order valence-corrected chi connectivity index (χ2v) is 5.72. The minimum absolute atomic E-state index is 0.00716. The zero-order chi connectivity index (χ0) is 12.4. The summed E-state index contributed by atoms with van der Waals surface area (Å²) in [6.07, 6.45) is 0. The van der Waals surface area contributed by atoms with Gasteiger partial charge in [0.1, 0.15) is 0 Å². The Balaban J connectivity index is 2.46. The number of benzene rings is 1. The lowest BCUT2D eigenvalue weighted by Gasteiger charge is -2.17. The van der Waals surface area contributed by atoms with Crippen molar-refractivity contribution in [3.05, 3.63) is 55.2 Å². The van der Waals surface area contributed by atoms with Crippen LogP contribution in [-0.4, -0.2) is 7.05 Å². The van der Waals surface area contributed by atoms with Crippen LogP contribution in [0.15, 0.2) is 29.6 Å². The summed E-state index contributed by atoms with van der Waals surface area (Å²) in [7, 11) is 1.88.